The largest absolute Gasteiger partial charge is 0.507 e. The second-order valence-corrected chi connectivity index (χ2v) is 4.20. The number of rotatable bonds is 4. The van der Waals surface area contributed by atoms with Gasteiger partial charge in [-0.3, -0.25) is 0 Å². The van der Waals surface area contributed by atoms with Crippen LogP contribution in [0.25, 0.3) is 0 Å². The molecule has 3 heteroatoms. The fraction of sp³-hybridized carbons (Fsp3) is 0.286. The number of benzene rings is 1. The van der Waals surface area contributed by atoms with E-state index in [-0.39, 0.29) is 6.04 Å². The predicted molar refractivity (Wildman–Crippen MR) is 66.8 cm³/mol. The summed E-state index contributed by atoms with van der Waals surface area (Å²) in [6, 6.07) is 9.71. The van der Waals surface area contributed by atoms with Gasteiger partial charge in [0.2, 0.25) is 0 Å². The number of hydrogen-bond acceptors (Lipinski definition) is 3. The Balaban J connectivity index is 2.00. The number of furan rings is 1. The van der Waals surface area contributed by atoms with Crippen molar-refractivity contribution in [2.75, 3.05) is 0 Å². The maximum atomic E-state index is 9.88. The minimum absolute atomic E-state index is 0.130. The maximum Gasteiger partial charge on any atom is 0.122 e. The molecule has 0 spiro atoms. The summed E-state index contributed by atoms with van der Waals surface area (Å²) >= 11 is 0. The van der Waals surface area contributed by atoms with Crippen LogP contribution in [0, 0.1) is 6.92 Å². The van der Waals surface area contributed by atoms with Gasteiger partial charge in [0.25, 0.3) is 0 Å². The Bertz CT molecular complexity index is 477. The molecular weight excluding hydrogens is 214 g/mol. The van der Waals surface area contributed by atoms with E-state index < -0.39 is 0 Å². The molecule has 3 nitrogen and oxygen atoms in total. The highest BCUT2D eigenvalue weighted by molar-refractivity contribution is 5.39. The van der Waals surface area contributed by atoms with E-state index in [1.807, 2.05) is 44.2 Å². The molecule has 1 atom stereocenters. The summed E-state index contributed by atoms with van der Waals surface area (Å²) in [5, 5.41) is 13.2. The first-order chi connectivity index (χ1) is 8.18. The molecule has 1 heterocycles. The van der Waals surface area contributed by atoms with Gasteiger partial charge in [-0.05, 0) is 31.5 Å². The van der Waals surface area contributed by atoms with Gasteiger partial charge >= 0.3 is 0 Å². The minimum atomic E-state index is 0.130. The fourth-order valence-corrected chi connectivity index (χ4v) is 1.76. The van der Waals surface area contributed by atoms with Crippen molar-refractivity contribution in [1.29, 1.82) is 0 Å². The minimum Gasteiger partial charge on any atom is -0.507 e. The van der Waals surface area contributed by atoms with E-state index in [1.165, 1.54) is 0 Å². The first kappa shape index (κ1) is 11.7. The zero-order chi connectivity index (χ0) is 12.3. The smallest absolute Gasteiger partial charge is 0.122 e. The normalized spacial score (nSPS) is 12.6. The lowest BCUT2D eigenvalue weighted by Gasteiger charge is -2.13. The molecule has 0 radical (unpaired) electrons. The molecular formula is C14H17NO2. The summed E-state index contributed by atoms with van der Waals surface area (Å²) in [5.41, 5.74) is 1.80. The molecule has 2 aromatic rings. The third kappa shape index (κ3) is 2.68. The van der Waals surface area contributed by atoms with Gasteiger partial charge in [-0.1, -0.05) is 18.2 Å². The highest BCUT2D eigenvalue weighted by Gasteiger charge is 2.09. The molecule has 2 N–H and O–H groups in total. The summed E-state index contributed by atoms with van der Waals surface area (Å²) < 4.78 is 5.31. The molecule has 0 aliphatic heterocycles. The zero-order valence-corrected chi connectivity index (χ0v) is 10.1. The van der Waals surface area contributed by atoms with Crippen molar-refractivity contribution in [2.45, 2.75) is 26.4 Å². The van der Waals surface area contributed by atoms with E-state index in [0.29, 0.717) is 12.3 Å². The van der Waals surface area contributed by atoms with Gasteiger partial charge in [0.15, 0.2) is 0 Å². The third-order valence-electron chi connectivity index (χ3n) is 2.89. The van der Waals surface area contributed by atoms with Crippen molar-refractivity contribution in [2.24, 2.45) is 0 Å². The van der Waals surface area contributed by atoms with Gasteiger partial charge in [0, 0.05) is 12.1 Å². The Labute approximate surface area is 101 Å². The molecule has 17 heavy (non-hydrogen) atoms. The second-order valence-electron chi connectivity index (χ2n) is 4.20. The number of phenols is 1. The molecule has 2 rings (SSSR count). The monoisotopic (exact) mass is 231 g/mol. The van der Waals surface area contributed by atoms with Crippen LogP contribution in [-0.4, -0.2) is 5.11 Å². The van der Waals surface area contributed by atoms with E-state index in [2.05, 4.69) is 5.32 Å². The number of para-hydroxylation sites is 1. The summed E-state index contributed by atoms with van der Waals surface area (Å²) in [5.74, 6) is 1.27. The maximum absolute atomic E-state index is 9.88. The molecule has 0 saturated heterocycles. The van der Waals surface area contributed by atoms with Gasteiger partial charge in [-0.25, -0.2) is 0 Å². The first-order valence-electron chi connectivity index (χ1n) is 5.72. The average Bonchev–Trinajstić information content (AvgIpc) is 2.84. The summed E-state index contributed by atoms with van der Waals surface area (Å²) in [6.45, 7) is 4.55. The third-order valence-corrected chi connectivity index (χ3v) is 2.89. The molecule has 90 valence electrons. The lowest BCUT2D eigenvalue weighted by molar-refractivity contribution is 0.421. The van der Waals surface area contributed by atoms with Crippen LogP contribution in [0.5, 0.6) is 5.75 Å². The molecule has 0 bridgehead atoms. The molecule has 1 aromatic heterocycles. The Kier molecular flexibility index (Phi) is 3.49. The van der Waals surface area contributed by atoms with E-state index in [9.17, 15) is 5.11 Å². The lowest BCUT2D eigenvalue weighted by Crippen LogP contribution is -2.17. The van der Waals surface area contributed by atoms with Gasteiger partial charge in [0.1, 0.15) is 11.5 Å². The zero-order valence-electron chi connectivity index (χ0n) is 10.1. The van der Waals surface area contributed by atoms with Crippen molar-refractivity contribution < 1.29 is 9.52 Å². The van der Waals surface area contributed by atoms with Gasteiger partial charge < -0.3 is 14.8 Å². The van der Waals surface area contributed by atoms with Crippen molar-refractivity contribution in [3.63, 3.8) is 0 Å². The molecule has 0 aliphatic rings. The van der Waals surface area contributed by atoms with Crippen LogP contribution in [0.4, 0.5) is 0 Å². The van der Waals surface area contributed by atoms with Gasteiger partial charge in [-0.15, -0.1) is 0 Å². The van der Waals surface area contributed by atoms with Gasteiger partial charge in [-0.2, -0.15) is 0 Å². The average molecular weight is 231 g/mol. The second kappa shape index (κ2) is 5.06. The molecule has 0 saturated carbocycles. The number of aromatic hydroxyl groups is 1. The molecule has 0 aliphatic carbocycles. The summed E-state index contributed by atoms with van der Waals surface area (Å²) in [4.78, 5) is 0. The highest BCUT2D eigenvalue weighted by Crippen LogP contribution is 2.22. The van der Waals surface area contributed by atoms with Crippen LogP contribution in [-0.2, 0) is 6.54 Å². The van der Waals surface area contributed by atoms with Crippen LogP contribution >= 0.6 is 0 Å². The predicted octanol–water partition coefficient (Wildman–Crippen LogP) is 3.14. The number of phenolic OH excluding ortho intramolecular Hbond substituents is 1. The molecule has 1 aromatic carbocycles. The van der Waals surface area contributed by atoms with E-state index >= 15 is 0 Å². The molecule has 0 fully saturated rings. The Hall–Kier alpha value is -1.74. The van der Waals surface area contributed by atoms with E-state index in [0.717, 1.165) is 16.9 Å². The number of nitrogens with one attached hydrogen (secondary N) is 1. The molecule has 0 amide bonds. The van der Waals surface area contributed by atoms with E-state index in [4.69, 9.17) is 4.42 Å². The van der Waals surface area contributed by atoms with Crippen molar-refractivity contribution in [1.82, 2.24) is 5.32 Å². The Morgan fingerprint density at radius 3 is 2.82 bits per heavy atom. The Morgan fingerprint density at radius 1 is 1.29 bits per heavy atom. The first-order valence-corrected chi connectivity index (χ1v) is 5.72. The summed E-state index contributed by atoms with van der Waals surface area (Å²) in [7, 11) is 0. The van der Waals surface area contributed by atoms with E-state index in [1.54, 1.807) is 6.26 Å². The standard InChI is InChI=1S/C14H17NO2/c1-10-5-3-6-12(14(10)16)9-15-11(2)13-7-4-8-17-13/h3-8,11,15-16H,9H2,1-2H3. The topological polar surface area (TPSA) is 45.4 Å². The van der Waals surface area contributed by atoms with Crippen LogP contribution in [0.15, 0.2) is 41.0 Å². The quantitative estimate of drug-likeness (QED) is 0.849. The number of aryl methyl sites for hydroxylation is 1. The van der Waals surface area contributed by atoms with Crippen molar-refractivity contribution >= 4 is 0 Å². The van der Waals surface area contributed by atoms with Crippen LogP contribution in [0.1, 0.15) is 29.9 Å². The van der Waals surface area contributed by atoms with Crippen LogP contribution in [0.3, 0.4) is 0 Å². The van der Waals surface area contributed by atoms with Crippen LogP contribution in [0.2, 0.25) is 0 Å². The van der Waals surface area contributed by atoms with Crippen molar-refractivity contribution in [3.8, 4) is 5.75 Å². The van der Waals surface area contributed by atoms with Crippen LogP contribution < -0.4 is 5.32 Å². The fourth-order valence-electron chi connectivity index (χ4n) is 1.76. The number of hydrogen-bond donors (Lipinski definition) is 2. The van der Waals surface area contributed by atoms with Crippen molar-refractivity contribution in [3.05, 3.63) is 53.5 Å². The summed E-state index contributed by atoms with van der Waals surface area (Å²) in [6.07, 6.45) is 1.66. The lowest BCUT2D eigenvalue weighted by atomic mass is 10.1. The highest BCUT2D eigenvalue weighted by atomic mass is 16.3. The molecule has 1 unspecified atom stereocenters. The Morgan fingerprint density at radius 2 is 2.12 bits per heavy atom. The van der Waals surface area contributed by atoms with Gasteiger partial charge in [0.05, 0.1) is 12.3 Å². The SMILES string of the molecule is Cc1cccc(CNC(C)c2ccco2)c1O.